The molecule has 1 fully saturated rings. The second-order valence-electron chi connectivity index (χ2n) is 6.40. The van der Waals surface area contributed by atoms with Crippen molar-refractivity contribution in [3.05, 3.63) is 53.6 Å². The van der Waals surface area contributed by atoms with Crippen molar-refractivity contribution in [1.29, 1.82) is 0 Å². The van der Waals surface area contributed by atoms with E-state index < -0.39 is 0 Å². The number of rotatable bonds is 3. The third-order valence-electron chi connectivity index (χ3n) is 4.73. The topological polar surface area (TPSA) is 58.9 Å². The van der Waals surface area contributed by atoms with Crippen molar-refractivity contribution in [3.8, 4) is 0 Å². The van der Waals surface area contributed by atoms with Crippen LogP contribution in [0.4, 0.5) is 0 Å². The maximum absolute atomic E-state index is 4.61. The van der Waals surface area contributed by atoms with Crippen molar-refractivity contribution < 1.29 is 0 Å². The highest BCUT2D eigenvalue weighted by Crippen LogP contribution is 2.24. The molecule has 1 unspecified atom stereocenters. The van der Waals surface area contributed by atoms with E-state index in [4.69, 9.17) is 0 Å². The van der Waals surface area contributed by atoms with Crippen LogP contribution >= 0.6 is 0 Å². The summed E-state index contributed by atoms with van der Waals surface area (Å²) in [6, 6.07) is 6.74. The summed E-state index contributed by atoms with van der Waals surface area (Å²) in [6.45, 7) is 5.91. The molecule has 6 heteroatoms. The first kappa shape index (κ1) is 15.2. The van der Waals surface area contributed by atoms with Crippen LogP contribution in [-0.4, -0.2) is 44.3 Å². The van der Waals surface area contributed by atoms with Crippen molar-refractivity contribution >= 4 is 11.0 Å². The first-order valence-electron chi connectivity index (χ1n) is 8.35. The highest BCUT2D eigenvalue weighted by atomic mass is 15.3. The van der Waals surface area contributed by atoms with Crippen LogP contribution in [0.25, 0.3) is 11.0 Å². The smallest absolute Gasteiger partial charge is 0.157 e. The number of pyridine rings is 2. The molecule has 3 aromatic rings. The van der Waals surface area contributed by atoms with E-state index in [0.29, 0.717) is 6.04 Å². The first-order valence-corrected chi connectivity index (χ1v) is 8.35. The van der Waals surface area contributed by atoms with Crippen molar-refractivity contribution in [2.45, 2.75) is 19.5 Å². The monoisotopic (exact) mass is 322 g/mol. The van der Waals surface area contributed by atoms with Gasteiger partial charge >= 0.3 is 0 Å². The number of piperazine rings is 1. The van der Waals surface area contributed by atoms with Gasteiger partial charge in [0.1, 0.15) is 0 Å². The Balaban J connectivity index is 1.62. The zero-order chi connectivity index (χ0) is 16.5. The number of nitrogens with one attached hydrogen (secondary N) is 1. The van der Waals surface area contributed by atoms with Gasteiger partial charge in [-0.05, 0) is 30.2 Å². The summed E-state index contributed by atoms with van der Waals surface area (Å²) < 4.78 is 1.84. The van der Waals surface area contributed by atoms with Crippen LogP contribution in [0.3, 0.4) is 0 Å². The van der Waals surface area contributed by atoms with Gasteiger partial charge in [0.15, 0.2) is 5.65 Å². The Labute approximate surface area is 141 Å². The molecule has 24 heavy (non-hydrogen) atoms. The Hall–Kier alpha value is -2.31. The maximum Gasteiger partial charge on any atom is 0.157 e. The SMILES string of the molecule is Cc1nn(C)c2ncc(CN3CCNCC3c3cccnc3)cc12. The molecular weight excluding hydrogens is 300 g/mol. The minimum atomic E-state index is 0.346. The van der Waals surface area contributed by atoms with Gasteiger partial charge in [0.2, 0.25) is 0 Å². The summed E-state index contributed by atoms with van der Waals surface area (Å²) in [5.41, 5.74) is 4.47. The molecule has 0 spiro atoms. The molecule has 1 N–H and O–H groups in total. The number of fused-ring (bicyclic) bond motifs is 1. The molecule has 0 radical (unpaired) electrons. The molecule has 0 bridgehead atoms. The third kappa shape index (κ3) is 2.79. The van der Waals surface area contributed by atoms with Crippen LogP contribution in [0.5, 0.6) is 0 Å². The van der Waals surface area contributed by atoms with Crippen molar-refractivity contribution in [3.63, 3.8) is 0 Å². The molecule has 124 valence electrons. The molecule has 4 heterocycles. The highest BCUT2D eigenvalue weighted by Gasteiger charge is 2.24. The molecule has 1 atom stereocenters. The summed E-state index contributed by atoms with van der Waals surface area (Å²) in [6.07, 6.45) is 5.77. The van der Waals surface area contributed by atoms with E-state index in [1.165, 1.54) is 11.1 Å². The van der Waals surface area contributed by atoms with E-state index in [-0.39, 0.29) is 0 Å². The van der Waals surface area contributed by atoms with Crippen LogP contribution in [-0.2, 0) is 13.6 Å². The second-order valence-corrected chi connectivity index (χ2v) is 6.40. The van der Waals surface area contributed by atoms with Gasteiger partial charge in [0, 0.05) is 63.2 Å². The molecule has 0 amide bonds. The van der Waals surface area contributed by atoms with Gasteiger partial charge in [-0.1, -0.05) is 6.07 Å². The Morgan fingerprint density at radius 2 is 2.25 bits per heavy atom. The quantitative estimate of drug-likeness (QED) is 0.797. The summed E-state index contributed by atoms with van der Waals surface area (Å²) in [7, 11) is 1.94. The summed E-state index contributed by atoms with van der Waals surface area (Å²) >= 11 is 0. The zero-order valence-corrected chi connectivity index (χ0v) is 14.1. The summed E-state index contributed by atoms with van der Waals surface area (Å²) in [4.78, 5) is 11.4. The number of hydrogen-bond acceptors (Lipinski definition) is 5. The van der Waals surface area contributed by atoms with Crippen LogP contribution in [0, 0.1) is 6.92 Å². The van der Waals surface area contributed by atoms with Crippen molar-refractivity contribution in [2.75, 3.05) is 19.6 Å². The van der Waals surface area contributed by atoms with Crippen LogP contribution in [0.2, 0.25) is 0 Å². The fraction of sp³-hybridized carbons (Fsp3) is 0.389. The lowest BCUT2D eigenvalue weighted by molar-refractivity contribution is 0.153. The standard InChI is InChI=1S/C18H22N6/c1-13-16-8-14(9-21-18(16)23(2)22-13)12-24-7-6-20-11-17(24)15-4-3-5-19-10-15/h3-5,8-10,17,20H,6-7,11-12H2,1-2H3. The Kier molecular flexibility index (Phi) is 4.00. The molecule has 0 aromatic carbocycles. The van der Waals surface area contributed by atoms with E-state index in [2.05, 4.69) is 37.4 Å². The Bertz CT molecular complexity index is 841. The van der Waals surface area contributed by atoms with E-state index >= 15 is 0 Å². The average Bonchev–Trinajstić information content (AvgIpc) is 2.90. The molecule has 3 aromatic heterocycles. The minimum Gasteiger partial charge on any atom is -0.314 e. The highest BCUT2D eigenvalue weighted by molar-refractivity contribution is 5.78. The maximum atomic E-state index is 4.61. The van der Waals surface area contributed by atoms with Crippen molar-refractivity contribution in [2.24, 2.45) is 7.05 Å². The molecular formula is C18H22N6. The lowest BCUT2D eigenvalue weighted by Crippen LogP contribution is -2.45. The number of nitrogens with zero attached hydrogens (tertiary/aromatic N) is 5. The van der Waals surface area contributed by atoms with Gasteiger partial charge in [-0.2, -0.15) is 5.10 Å². The lowest BCUT2D eigenvalue weighted by Gasteiger charge is -2.36. The van der Waals surface area contributed by atoms with Crippen LogP contribution < -0.4 is 5.32 Å². The van der Waals surface area contributed by atoms with Gasteiger partial charge in [-0.15, -0.1) is 0 Å². The first-order chi connectivity index (χ1) is 11.7. The van der Waals surface area contributed by atoms with Gasteiger partial charge in [-0.3, -0.25) is 14.6 Å². The number of hydrogen-bond donors (Lipinski definition) is 1. The zero-order valence-electron chi connectivity index (χ0n) is 14.1. The average molecular weight is 322 g/mol. The van der Waals surface area contributed by atoms with E-state index in [1.807, 2.05) is 43.3 Å². The normalized spacial score (nSPS) is 19.0. The van der Waals surface area contributed by atoms with Gasteiger partial charge < -0.3 is 5.32 Å². The summed E-state index contributed by atoms with van der Waals surface area (Å²) in [5, 5.41) is 9.10. The fourth-order valence-electron chi connectivity index (χ4n) is 3.51. The van der Waals surface area contributed by atoms with E-state index in [0.717, 1.165) is 42.9 Å². The molecule has 0 saturated carbocycles. The predicted octanol–water partition coefficient (Wildman–Crippen LogP) is 1.82. The Morgan fingerprint density at radius 3 is 3.08 bits per heavy atom. The Morgan fingerprint density at radius 1 is 1.33 bits per heavy atom. The van der Waals surface area contributed by atoms with Crippen LogP contribution in [0.15, 0.2) is 36.8 Å². The largest absolute Gasteiger partial charge is 0.314 e. The van der Waals surface area contributed by atoms with Crippen LogP contribution in [0.1, 0.15) is 22.9 Å². The molecule has 6 nitrogen and oxygen atoms in total. The minimum absolute atomic E-state index is 0.346. The third-order valence-corrected chi connectivity index (χ3v) is 4.73. The summed E-state index contributed by atoms with van der Waals surface area (Å²) in [5.74, 6) is 0. The van der Waals surface area contributed by atoms with Gasteiger partial charge in [0.05, 0.1) is 5.69 Å². The molecule has 0 aliphatic carbocycles. The van der Waals surface area contributed by atoms with E-state index in [1.54, 1.807) is 0 Å². The molecule has 1 aliphatic rings. The van der Waals surface area contributed by atoms with Gasteiger partial charge in [-0.25, -0.2) is 4.98 Å². The second kappa shape index (κ2) is 6.30. The number of aryl methyl sites for hydroxylation is 2. The predicted molar refractivity (Wildman–Crippen MR) is 93.5 cm³/mol. The number of aromatic nitrogens is 4. The molecule has 1 saturated heterocycles. The lowest BCUT2D eigenvalue weighted by atomic mass is 10.0. The molecule has 1 aliphatic heterocycles. The fourth-order valence-corrected chi connectivity index (χ4v) is 3.51. The van der Waals surface area contributed by atoms with E-state index in [9.17, 15) is 0 Å². The molecule has 4 rings (SSSR count). The van der Waals surface area contributed by atoms with Gasteiger partial charge in [0.25, 0.3) is 0 Å². The van der Waals surface area contributed by atoms with Crippen molar-refractivity contribution in [1.82, 2.24) is 30.0 Å².